The van der Waals surface area contributed by atoms with Crippen molar-refractivity contribution in [1.82, 2.24) is 0 Å². The fourth-order valence-corrected chi connectivity index (χ4v) is 5.18. The number of allylic oxidation sites excluding steroid dienone is 1. The Kier molecular flexibility index (Phi) is 6.41. The average molecular weight is 543 g/mol. The number of rotatable bonds is 6. The maximum atomic E-state index is 12.7. The van der Waals surface area contributed by atoms with Crippen LogP contribution in [0.2, 0.25) is 0 Å². The summed E-state index contributed by atoms with van der Waals surface area (Å²) in [4.78, 5) is -0.00473. The van der Waals surface area contributed by atoms with Gasteiger partial charge in [-0.15, -0.1) is 0 Å². The van der Waals surface area contributed by atoms with Crippen molar-refractivity contribution >= 4 is 26.0 Å². The van der Waals surface area contributed by atoms with Gasteiger partial charge in [-0.05, 0) is 42.0 Å². The summed E-state index contributed by atoms with van der Waals surface area (Å²) in [7, 11) is -1.04. The third kappa shape index (κ3) is 4.40. The quantitative estimate of drug-likeness (QED) is 0.453. The molecule has 0 radical (unpaired) electrons. The van der Waals surface area contributed by atoms with Gasteiger partial charge >= 0.3 is 10.1 Å². The van der Waals surface area contributed by atoms with E-state index in [1.807, 2.05) is 0 Å². The summed E-state index contributed by atoms with van der Waals surface area (Å²) in [5.41, 5.74) is 7.61. The Morgan fingerprint density at radius 1 is 1.03 bits per heavy atom. The van der Waals surface area contributed by atoms with Crippen molar-refractivity contribution in [2.75, 3.05) is 14.2 Å². The zero-order chi connectivity index (χ0) is 24.5. The Labute approximate surface area is 205 Å². The number of nitrogens with zero attached hydrogens (tertiary/aromatic N) is 1. The van der Waals surface area contributed by atoms with E-state index in [-0.39, 0.29) is 27.9 Å². The highest BCUT2D eigenvalue weighted by Gasteiger charge is 2.32. The van der Waals surface area contributed by atoms with E-state index in [2.05, 4.69) is 22.0 Å². The number of nitriles is 1. The molecular formula is C24H19BrN2O6S. The highest BCUT2D eigenvalue weighted by atomic mass is 79.9. The molecule has 0 fully saturated rings. The third-order valence-corrected chi connectivity index (χ3v) is 6.96. The molecule has 1 aliphatic rings. The second kappa shape index (κ2) is 9.29. The van der Waals surface area contributed by atoms with Gasteiger partial charge in [0.2, 0.25) is 5.88 Å². The lowest BCUT2D eigenvalue weighted by atomic mass is 9.83. The Morgan fingerprint density at radius 3 is 2.47 bits per heavy atom. The van der Waals surface area contributed by atoms with Crippen molar-refractivity contribution in [3.63, 3.8) is 0 Å². The number of hydrogen-bond acceptors (Lipinski definition) is 8. The van der Waals surface area contributed by atoms with Crippen molar-refractivity contribution < 1.29 is 26.8 Å². The summed E-state index contributed by atoms with van der Waals surface area (Å²) in [5, 5.41) is 9.77. The van der Waals surface area contributed by atoms with Crippen LogP contribution in [0.1, 0.15) is 17.0 Å². The molecule has 1 unspecified atom stereocenters. The smallest absolute Gasteiger partial charge is 0.339 e. The van der Waals surface area contributed by atoms with Crippen LogP contribution >= 0.6 is 15.9 Å². The van der Waals surface area contributed by atoms with E-state index in [1.54, 1.807) is 36.4 Å². The SMILES string of the molecule is COc1ccc(C2C(C#N)=C(N)Oc3cc(OS(=O)(=O)c4cccc(Br)c4)ccc32)cc1OC. The van der Waals surface area contributed by atoms with Gasteiger partial charge in [0.1, 0.15) is 28.0 Å². The third-order valence-electron chi connectivity index (χ3n) is 5.22. The fraction of sp³-hybridized carbons (Fsp3) is 0.125. The van der Waals surface area contributed by atoms with Gasteiger partial charge in [0.15, 0.2) is 11.5 Å². The van der Waals surface area contributed by atoms with Crippen LogP contribution in [0.25, 0.3) is 0 Å². The summed E-state index contributed by atoms with van der Waals surface area (Å²) in [5.74, 6) is 0.696. The van der Waals surface area contributed by atoms with Crippen LogP contribution in [0.15, 0.2) is 81.5 Å². The fourth-order valence-electron chi connectivity index (χ4n) is 3.66. The topological polar surface area (TPSA) is 121 Å². The molecule has 0 bridgehead atoms. The second-order valence-corrected chi connectivity index (χ2v) is 9.70. The summed E-state index contributed by atoms with van der Waals surface area (Å²) in [6.45, 7) is 0. The first-order valence-corrected chi connectivity index (χ1v) is 12.1. The van der Waals surface area contributed by atoms with Crippen molar-refractivity contribution in [2.24, 2.45) is 5.73 Å². The van der Waals surface area contributed by atoms with Crippen molar-refractivity contribution in [3.05, 3.63) is 87.7 Å². The number of ether oxygens (including phenoxy) is 3. The predicted octanol–water partition coefficient (Wildman–Crippen LogP) is 4.45. The van der Waals surface area contributed by atoms with Gasteiger partial charge in [-0.2, -0.15) is 13.7 Å². The van der Waals surface area contributed by atoms with Crippen LogP contribution < -0.4 is 24.1 Å². The van der Waals surface area contributed by atoms with Gasteiger partial charge in [0.25, 0.3) is 0 Å². The predicted molar refractivity (Wildman–Crippen MR) is 127 cm³/mol. The van der Waals surface area contributed by atoms with E-state index in [1.165, 1.54) is 38.5 Å². The molecule has 8 nitrogen and oxygen atoms in total. The van der Waals surface area contributed by atoms with Gasteiger partial charge in [-0.1, -0.05) is 34.1 Å². The van der Waals surface area contributed by atoms with Crippen LogP contribution in [0.5, 0.6) is 23.0 Å². The monoisotopic (exact) mass is 542 g/mol. The van der Waals surface area contributed by atoms with Crippen LogP contribution in [0.3, 0.4) is 0 Å². The van der Waals surface area contributed by atoms with Crippen molar-refractivity contribution in [1.29, 1.82) is 5.26 Å². The van der Waals surface area contributed by atoms with E-state index in [9.17, 15) is 13.7 Å². The first kappa shape index (κ1) is 23.5. The zero-order valence-electron chi connectivity index (χ0n) is 18.1. The Bertz CT molecular complexity index is 1450. The molecule has 1 atom stereocenters. The molecule has 1 heterocycles. The molecule has 0 saturated carbocycles. The molecule has 3 aromatic rings. The minimum Gasteiger partial charge on any atom is -0.493 e. The molecule has 4 rings (SSSR count). The Morgan fingerprint density at radius 2 is 1.79 bits per heavy atom. The highest BCUT2D eigenvalue weighted by molar-refractivity contribution is 9.10. The number of benzene rings is 3. The normalized spacial score (nSPS) is 15.1. The molecule has 0 aliphatic carbocycles. The lowest BCUT2D eigenvalue weighted by molar-refractivity contribution is 0.354. The van der Waals surface area contributed by atoms with Gasteiger partial charge in [0, 0.05) is 16.1 Å². The lowest BCUT2D eigenvalue weighted by Gasteiger charge is -2.27. The molecule has 1 aliphatic heterocycles. The van der Waals surface area contributed by atoms with Gasteiger partial charge in [-0.3, -0.25) is 0 Å². The van der Waals surface area contributed by atoms with E-state index in [0.717, 1.165) is 5.56 Å². The van der Waals surface area contributed by atoms with E-state index < -0.39 is 16.0 Å². The number of fused-ring (bicyclic) bond motifs is 1. The van der Waals surface area contributed by atoms with E-state index >= 15 is 0 Å². The number of hydrogen-bond donors (Lipinski definition) is 1. The van der Waals surface area contributed by atoms with Gasteiger partial charge < -0.3 is 24.1 Å². The van der Waals surface area contributed by atoms with Crippen LogP contribution in [-0.2, 0) is 10.1 Å². The maximum Gasteiger partial charge on any atom is 0.339 e. The minimum atomic E-state index is -4.09. The maximum absolute atomic E-state index is 12.7. The summed E-state index contributed by atoms with van der Waals surface area (Å²) < 4.78 is 47.7. The molecule has 2 N–H and O–H groups in total. The van der Waals surface area contributed by atoms with Crippen molar-refractivity contribution in [3.8, 4) is 29.1 Å². The van der Waals surface area contributed by atoms with E-state index in [4.69, 9.17) is 24.1 Å². The lowest BCUT2D eigenvalue weighted by Crippen LogP contribution is -2.21. The number of halogens is 1. The largest absolute Gasteiger partial charge is 0.493 e. The molecule has 0 spiro atoms. The summed E-state index contributed by atoms with van der Waals surface area (Å²) in [6.07, 6.45) is 0. The molecule has 3 aromatic carbocycles. The molecular weight excluding hydrogens is 524 g/mol. The highest BCUT2D eigenvalue weighted by Crippen LogP contribution is 2.45. The Balaban J connectivity index is 1.75. The molecule has 174 valence electrons. The van der Waals surface area contributed by atoms with Gasteiger partial charge in [-0.25, -0.2) is 0 Å². The minimum absolute atomic E-state index is 0.00473. The van der Waals surface area contributed by atoms with Crippen LogP contribution in [0, 0.1) is 11.3 Å². The number of methoxy groups -OCH3 is 2. The average Bonchev–Trinajstić information content (AvgIpc) is 2.82. The van der Waals surface area contributed by atoms with Crippen LogP contribution in [-0.4, -0.2) is 22.6 Å². The van der Waals surface area contributed by atoms with Gasteiger partial charge in [0.05, 0.1) is 20.1 Å². The second-order valence-electron chi connectivity index (χ2n) is 7.23. The molecule has 0 aromatic heterocycles. The molecule has 0 amide bonds. The summed E-state index contributed by atoms with van der Waals surface area (Å²) in [6, 6.07) is 18.2. The molecule has 0 saturated heterocycles. The molecule has 34 heavy (non-hydrogen) atoms. The zero-order valence-corrected chi connectivity index (χ0v) is 20.5. The Hall–Kier alpha value is -3.68. The standard InChI is InChI=1S/C24H19BrN2O6S/c1-30-20-9-6-14(10-22(20)31-2)23-18-8-7-16(12-21(18)32-24(27)19(23)13-26)33-34(28,29)17-5-3-4-15(25)11-17/h3-12,23H,27H2,1-2H3. The summed E-state index contributed by atoms with van der Waals surface area (Å²) >= 11 is 3.25. The van der Waals surface area contributed by atoms with Crippen LogP contribution in [0.4, 0.5) is 0 Å². The van der Waals surface area contributed by atoms with Crippen molar-refractivity contribution in [2.45, 2.75) is 10.8 Å². The molecule has 10 heteroatoms. The number of nitrogens with two attached hydrogens (primary N) is 1. The first-order valence-electron chi connectivity index (χ1n) is 9.91. The van der Waals surface area contributed by atoms with E-state index in [0.29, 0.717) is 21.5 Å². The first-order chi connectivity index (χ1) is 16.3.